The summed E-state index contributed by atoms with van der Waals surface area (Å²) in [6.45, 7) is 2.90. The molecule has 0 bridgehead atoms. The van der Waals surface area contributed by atoms with Crippen LogP contribution in [0.25, 0.3) is 0 Å². The van der Waals surface area contributed by atoms with Gasteiger partial charge in [0.05, 0.1) is 40.0 Å². The number of nitrogens with one attached hydrogen (secondary N) is 1. The first-order valence-corrected chi connectivity index (χ1v) is 9.42. The van der Waals surface area contributed by atoms with E-state index in [9.17, 15) is 9.59 Å². The molecule has 28 heavy (non-hydrogen) atoms. The molecule has 1 heterocycles. The topological polar surface area (TPSA) is 86.3 Å². The largest absolute Gasteiger partial charge is 0.493 e. The Kier molecular flexibility index (Phi) is 9.03. The molecule has 0 radical (unpaired) electrons. The van der Waals surface area contributed by atoms with E-state index in [0.29, 0.717) is 57.4 Å². The van der Waals surface area contributed by atoms with Crippen molar-refractivity contribution in [2.24, 2.45) is 5.92 Å². The lowest BCUT2D eigenvalue weighted by molar-refractivity contribution is -0.129. The van der Waals surface area contributed by atoms with Crippen LogP contribution < -0.4 is 14.8 Å². The Bertz CT molecular complexity index is 652. The fraction of sp³-hybridized carbons (Fsp3) is 0.600. The Morgan fingerprint density at radius 2 is 1.93 bits per heavy atom. The summed E-state index contributed by atoms with van der Waals surface area (Å²) in [7, 11) is 4.80. The zero-order chi connectivity index (χ0) is 20.4. The van der Waals surface area contributed by atoms with Gasteiger partial charge < -0.3 is 29.2 Å². The van der Waals surface area contributed by atoms with Crippen LogP contribution in [-0.2, 0) is 25.5 Å². The smallest absolute Gasteiger partial charge is 0.225 e. The highest BCUT2D eigenvalue weighted by atomic mass is 16.5. The third-order valence-corrected chi connectivity index (χ3v) is 4.68. The number of likely N-dealkylation sites (tertiary alicyclic amines) is 1. The number of hydrogen-bond acceptors (Lipinski definition) is 6. The lowest BCUT2D eigenvalue weighted by Crippen LogP contribution is -2.35. The van der Waals surface area contributed by atoms with Crippen molar-refractivity contribution in [1.29, 1.82) is 0 Å². The third-order valence-electron chi connectivity index (χ3n) is 4.68. The van der Waals surface area contributed by atoms with E-state index in [1.165, 1.54) is 0 Å². The summed E-state index contributed by atoms with van der Waals surface area (Å²) < 4.78 is 20.7. The average Bonchev–Trinajstić information content (AvgIpc) is 3.09. The first-order valence-electron chi connectivity index (χ1n) is 9.42. The molecular weight excluding hydrogens is 364 g/mol. The highest BCUT2D eigenvalue weighted by Gasteiger charge is 2.33. The van der Waals surface area contributed by atoms with E-state index in [4.69, 9.17) is 18.9 Å². The first-order chi connectivity index (χ1) is 13.6. The van der Waals surface area contributed by atoms with Gasteiger partial charge in [-0.3, -0.25) is 9.59 Å². The summed E-state index contributed by atoms with van der Waals surface area (Å²) in [5.41, 5.74) is 1.05. The van der Waals surface area contributed by atoms with Crippen molar-refractivity contribution in [3.63, 3.8) is 0 Å². The van der Waals surface area contributed by atoms with Crippen molar-refractivity contribution in [3.8, 4) is 11.5 Å². The molecule has 0 saturated carbocycles. The fourth-order valence-electron chi connectivity index (χ4n) is 3.10. The maximum atomic E-state index is 12.3. The molecule has 1 aromatic carbocycles. The molecule has 1 atom stereocenters. The van der Waals surface area contributed by atoms with Gasteiger partial charge in [0.25, 0.3) is 0 Å². The molecule has 1 aliphatic heterocycles. The minimum Gasteiger partial charge on any atom is -0.493 e. The van der Waals surface area contributed by atoms with E-state index < -0.39 is 0 Å². The molecule has 156 valence electrons. The molecule has 1 aliphatic rings. The van der Waals surface area contributed by atoms with Gasteiger partial charge in [0.15, 0.2) is 11.5 Å². The highest BCUT2D eigenvalue weighted by molar-refractivity contribution is 5.89. The summed E-state index contributed by atoms with van der Waals surface area (Å²) in [4.78, 5) is 26.2. The lowest BCUT2D eigenvalue weighted by atomic mass is 10.1. The predicted octanol–water partition coefficient (Wildman–Crippen LogP) is 0.874. The van der Waals surface area contributed by atoms with Gasteiger partial charge in [-0.1, -0.05) is 6.07 Å². The number of amides is 2. The van der Waals surface area contributed by atoms with Crippen molar-refractivity contribution in [3.05, 3.63) is 23.8 Å². The Morgan fingerprint density at radius 1 is 1.14 bits per heavy atom. The maximum Gasteiger partial charge on any atom is 0.225 e. The molecule has 2 amide bonds. The van der Waals surface area contributed by atoms with Gasteiger partial charge in [0.1, 0.15) is 0 Å². The van der Waals surface area contributed by atoms with E-state index in [1.54, 1.807) is 26.2 Å². The minimum absolute atomic E-state index is 0.0111. The maximum absolute atomic E-state index is 12.3. The van der Waals surface area contributed by atoms with Crippen LogP contribution >= 0.6 is 0 Å². The molecule has 1 unspecified atom stereocenters. The SMILES string of the molecule is COCCOCCNC(=O)C1CC(=O)N(CCc2ccc(OC)c(OC)c2)C1. The van der Waals surface area contributed by atoms with Crippen LogP contribution in [0.3, 0.4) is 0 Å². The summed E-state index contributed by atoms with van der Waals surface area (Å²) in [5.74, 6) is 0.940. The molecule has 1 fully saturated rings. The molecule has 8 heteroatoms. The Morgan fingerprint density at radius 3 is 2.64 bits per heavy atom. The number of hydrogen-bond donors (Lipinski definition) is 1. The Hall–Kier alpha value is -2.32. The van der Waals surface area contributed by atoms with E-state index in [-0.39, 0.29) is 24.2 Å². The summed E-state index contributed by atoms with van der Waals surface area (Å²) in [5, 5.41) is 2.83. The summed E-state index contributed by atoms with van der Waals surface area (Å²) >= 11 is 0. The summed E-state index contributed by atoms with van der Waals surface area (Å²) in [6, 6.07) is 5.72. The van der Waals surface area contributed by atoms with E-state index in [0.717, 1.165) is 5.56 Å². The molecule has 1 saturated heterocycles. The van der Waals surface area contributed by atoms with Crippen molar-refractivity contribution in [2.45, 2.75) is 12.8 Å². The van der Waals surface area contributed by atoms with Crippen LogP contribution in [0.15, 0.2) is 18.2 Å². The van der Waals surface area contributed by atoms with E-state index >= 15 is 0 Å². The molecule has 0 spiro atoms. The van der Waals surface area contributed by atoms with Gasteiger partial charge >= 0.3 is 0 Å². The number of carbonyl (C=O) groups excluding carboxylic acids is 2. The molecule has 1 N–H and O–H groups in total. The van der Waals surface area contributed by atoms with Crippen LogP contribution in [0.4, 0.5) is 0 Å². The number of rotatable bonds is 12. The Labute approximate surface area is 166 Å². The predicted molar refractivity (Wildman–Crippen MR) is 104 cm³/mol. The Balaban J connectivity index is 1.75. The molecule has 0 aliphatic carbocycles. The molecule has 2 rings (SSSR count). The monoisotopic (exact) mass is 394 g/mol. The number of carbonyl (C=O) groups is 2. The van der Waals surface area contributed by atoms with Gasteiger partial charge in [0, 0.05) is 33.2 Å². The minimum atomic E-state index is -0.308. The standard InChI is InChI=1S/C20H30N2O6/c1-25-10-11-28-9-7-21-20(24)16-13-19(23)22(14-16)8-6-15-4-5-17(26-2)18(12-15)27-3/h4-5,12,16H,6-11,13-14H2,1-3H3,(H,21,24). The highest BCUT2D eigenvalue weighted by Crippen LogP contribution is 2.28. The molecular formula is C20H30N2O6. The van der Waals surface area contributed by atoms with Crippen molar-refractivity contribution >= 4 is 11.8 Å². The van der Waals surface area contributed by atoms with Gasteiger partial charge in [-0.2, -0.15) is 0 Å². The third kappa shape index (κ3) is 6.38. The zero-order valence-corrected chi connectivity index (χ0v) is 16.9. The van der Waals surface area contributed by atoms with Crippen LogP contribution in [-0.4, -0.2) is 77.5 Å². The normalized spacial score (nSPS) is 16.3. The second kappa shape index (κ2) is 11.5. The van der Waals surface area contributed by atoms with Crippen LogP contribution in [0.2, 0.25) is 0 Å². The second-order valence-corrected chi connectivity index (χ2v) is 6.58. The first kappa shape index (κ1) is 22.0. The van der Waals surface area contributed by atoms with Crippen molar-refractivity contribution in [2.75, 3.05) is 60.8 Å². The quantitative estimate of drug-likeness (QED) is 0.530. The zero-order valence-electron chi connectivity index (χ0n) is 16.9. The molecule has 0 aromatic heterocycles. The van der Waals surface area contributed by atoms with E-state index in [1.807, 2.05) is 18.2 Å². The average molecular weight is 394 g/mol. The van der Waals surface area contributed by atoms with Gasteiger partial charge in [0.2, 0.25) is 11.8 Å². The fourth-order valence-corrected chi connectivity index (χ4v) is 3.10. The number of ether oxygens (including phenoxy) is 4. The molecule has 8 nitrogen and oxygen atoms in total. The number of benzene rings is 1. The van der Waals surface area contributed by atoms with Crippen molar-refractivity contribution < 1.29 is 28.5 Å². The molecule has 1 aromatic rings. The number of methoxy groups -OCH3 is 3. The summed E-state index contributed by atoms with van der Waals surface area (Å²) in [6.07, 6.45) is 0.941. The number of nitrogens with zero attached hydrogens (tertiary/aromatic N) is 1. The van der Waals surface area contributed by atoms with Crippen LogP contribution in [0, 0.1) is 5.92 Å². The van der Waals surface area contributed by atoms with Crippen molar-refractivity contribution in [1.82, 2.24) is 10.2 Å². The van der Waals surface area contributed by atoms with Gasteiger partial charge in [-0.25, -0.2) is 0 Å². The van der Waals surface area contributed by atoms with Crippen LogP contribution in [0.1, 0.15) is 12.0 Å². The van der Waals surface area contributed by atoms with Crippen LogP contribution in [0.5, 0.6) is 11.5 Å². The van der Waals surface area contributed by atoms with Gasteiger partial charge in [-0.05, 0) is 24.1 Å². The van der Waals surface area contributed by atoms with E-state index in [2.05, 4.69) is 5.32 Å². The van der Waals surface area contributed by atoms with Gasteiger partial charge in [-0.15, -0.1) is 0 Å². The second-order valence-electron chi connectivity index (χ2n) is 6.58. The lowest BCUT2D eigenvalue weighted by Gasteiger charge is -2.17.